The number of methoxy groups -OCH3 is 1. The van der Waals surface area contributed by atoms with E-state index in [2.05, 4.69) is 63.9 Å². The fraction of sp³-hybridized carbons (Fsp3) is 0.280. The minimum atomic E-state index is -0.525. The van der Waals surface area contributed by atoms with Gasteiger partial charge in [-0.15, -0.1) is 10.2 Å². The molecule has 0 radical (unpaired) electrons. The second-order valence-electron chi connectivity index (χ2n) is 9.26. The van der Waals surface area contributed by atoms with Gasteiger partial charge in [0.15, 0.2) is 4.34 Å². The smallest absolute Gasteiger partial charge is 0.338 e. The van der Waals surface area contributed by atoms with E-state index in [-0.39, 0.29) is 5.41 Å². The Labute approximate surface area is 217 Å². The number of ether oxygens (including phenoxy) is 1. The third-order valence-corrected chi connectivity index (χ3v) is 8.00. The first-order valence-electron chi connectivity index (χ1n) is 11.3. The van der Waals surface area contributed by atoms with Crippen LogP contribution in [0.5, 0.6) is 0 Å². The lowest BCUT2D eigenvalue weighted by Gasteiger charge is -2.28. The summed E-state index contributed by atoms with van der Waals surface area (Å²) in [5.41, 5.74) is 4.25. The summed E-state index contributed by atoms with van der Waals surface area (Å²) >= 11 is 3.00. The molecule has 5 rings (SSSR count). The molecule has 11 heteroatoms. The van der Waals surface area contributed by atoms with Crippen LogP contribution in [-0.2, 0) is 14.9 Å². The van der Waals surface area contributed by atoms with E-state index < -0.39 is 12.0 Å². The van der Waals surface area contributed by atoms with Crippen molar-refractivity contribution >= 4 is 35.0 Å². The number of benzene rings is 2. The molecule has 0 spiro atoms. The van der Waals surface area contributed by atoms with Crippen LogP contribution in [0.15, 0.2) is 70.2 Å². The molecule has 1 atom stereocenters. The standard InChI is InChI=1S/C25H25N7O2S2/c1-25(2,3)17-12-10-15(11-13-17)20-19(22(33)34-4)18(26-23-28-30-31-32(20)23)14-35-24-29-27-21(36-24)16-8-6-5-7-9-16/h5-13,20H,14H2,1-4H3,(H,26,28,31). The summed E-state index contributed by atoms with van der Waals surface area (Å²) in [6.07, 6.45) is 0. The van der Waals surface area contributed by atoms with Crippen molar-refractivity contribution in [3.05, 3.63) is 77.0 Å². The average molecular weight is 520 g/mol. The number of rotatable bonds is 6. The molecule has 0 fully saturated rings. The van der Waals surface area contributed by atoms with Crippen LogP contribution in [-0.4, -0.2) is 49.2 Å². The van der Waals surface area contributed by atoms with Crippen molar-refractivity contribution in [1.29, 1.82) is 0 Å². The monoisotopic (exact) mass is 519 g/mol. The number of anilines is 1. The van der Waals surface area contributed by atoms with Gasteiger partial charge in [-0.2, -0.15) is 4.68 Å². The van der Waals surface area contributed by atoms with Crippen molar-refractivity contribution in [2.45, 2.75) is 36.6 Å². The Morgan fingerprint density at radius 2 is 1.83 bits per heavy atom. The van der Waals surface area contributed by atoms with E-state index in [1.165, 1.54) is 35.8 Å². The topological polar surface area (TPSA) is 108 Å². The molecule has 4 aromatic rings. The van der Waals surface area contributed by atoms with Gasteiger partial charge in [0, 0.05) is 17.0 Å². The van der Waals surface area contributed by atoms with Crippen molar-refractivity contribution in [2.24, 2.45) is 0 Å². The van der Waals surface area contributed by atoms with Crippen LogP contribution in [0.25, 0.3) is 10.6 Å². The number of esters is 1. The number of hydrogen-bond acceptors (Lipinski definition) is 10. The van der Waals surface area contributed by atoms with Gasteiger partial charge in [-0.05, 0) is 27.0 Å². The number of nitrogens with one attached hydrogen (secondary N) is 1. The van der Waals surface area contributed by atoms with E-state index in [1.807, 2.05) is 42.5 Å². The third-order valence-electron chi connectivity index (χ3n) is 5.86. The lowest BCUT2D eigenvalue weighted by atomic mass is 9.85. The van der Waals surface area contributed by atoms with Crippen molar-refractivity contribution in [3.8, 4) is 10.6 Å². The minimum Gasteiger partial charge on any atom is -0.466 e. The van der Waals surface area contributed by atoms with Gasteiger partial charge >= 0.3 is 5.97 Å². The van der Waals surface area contributed by atoms with E-state index >= 15 is 0 Å². The predicted molar refractivity (Wildman–Crippen MR) is 140 cm³/mol. The largest absolute Gasteiger partial charge is 0.466 e. The molecule has 36 heavy (non-hydrogen) atoms. The van der Waals surface area contributed by atoms with Crippen LogP contribution in [0.3, 0.4) is 0 Å². The Morgan fingerprint density at radius 3 is 2.53 bits per heavy atom. The molecular formula is C25H25N7O2S2. The summed E-state index contributed by atoms with van der Waals surface area (Å²) in [4.78, 5) is 13.1. The maximum absolute atomic E-state index is 13.1. The molecule has 9 nitrogen and oxygen atoms in total. The zero-order chi connectivity index (χ0) is 25.3. The number of fused-ring (bicyclic) bond motifs is 1. The zero-order valence-electron chi connectivity index (χ0n) is 20.3. The summed E-state index contributed by atoms with van der Waals surface area (Å²) in [6, 6.07) is 17.6. The molecule has 1 aliphatic rings. The highest BCUT2D eigenvalue weighted by Crippen LogP contribution is 2.38. The number of nitrogens with zero attached hydrogens (tertiary/aromatic N) is 6. The lowest BCUT2D eigenvalue weighted by Crippen LogP contribution is -2.31. The number of carbonyl (C=O) groups is 1. The highest BCUT2D eigenvalue weighted by Gasteiger charge is 2.36. The van der Waals surface area contributed by atoms with Gasteiger partial charge in [0.1, 0.15) is 11.0 Å². The second-order valence-corrected chi connectivity index (χ2v) is 11.5. The Kier molecular flexibility index (Phi) is 6.59. The molecule has 2 aromatic heterocycles. The van der Waals surface area contributed by atoms with E-state index in [9.17, 15) is 4.79 Å². The van der Waals surface area contributed by atoms with Gasteiger partial charge in [0.05, 0.1) is 12.7 Å². The quantitative estimate of drug-likeness (QED) is 0.286. The first kappa shape index (κ1) is 24.1. The lowest BCUT2D eigenvalue weighted by molar-refractivity contribution is -0.136. The van der Waals surface area contributed by atoms with Gasteiger partial charge in [0.25, 0.3) is 0 Å². The maximum atomic E-state index is 13.1. The maximum Gasteiger partial charge on any atom is 0.338 e. The molecule has 184 valence electrons. The molecular weight excluding hydrogens is 494 g/mol. The third kappa shape index (κ3) is 4.76. The van der Waals surface area contributed by atoms with Gasteiger partial charge in [0.2, 0.25) is 5.95 Å². The number of aromatic nitrogens is 6. The molecule has 0 aliphatic carbocycles. The van der Waals surface area contributed by atoms with Crippen molar-refractivity contribution < 1.29 is 9.53 Å². The van der Waals surface area contributed by atoms with Gasteiger partial charge in [-0.1, -0.05) is 104 Å². The fourth-order valence-electron chi connectivity index (χ4n) is 3.97. The Morgan fingerprint density at radius 1 is 1.08 bits per heavy atom. The zero-order valence-corrected chi connectivity index (χ0v) is 21.9. The van der Waals surface area contributed by atoms with Crippen molar-refractivity contribution in [3.63, 3.8) is 0 Å². The van der Waals surface area contributed by atoms with Gasteiger partial charge < -0.3 is 10.1 Å². The number of tetrazole rings is 1. The Balaban J connectivity index is 1.48. The van der Waals surface area contributed by atoms with E-state index in [1.54, 1.807) is 4.68 Å². The molecule has 1 aliphatic heterocycles. The highest BCUT2D eigenvalue weighted by atomic mass is 32.2. The molecule has 1 unspecified atom stereocenters. The summed E-state index contributed by atoms with van der Waals surface area (Å²) in [5.74, 6) is 0.467. The predicted octanol–water partition coefficient (Wildman–Crippen LogP) is 4.72. The molecule has 0 amide bonds. The van der Waals surface area contributed by atoms with E-state index in [0.29, 0.717) is 23.0 Å². The number of carbonyl (C=O) groups excluding carboxylic acids is 1. The highest BCUT2D eigenvalue weighted by molar-refractivity contribution is 8.01. The summed E-state index contributed by atoms with van der Waals surface area (Å²) in [6.45, 7) is 6.49. The van der Waals surface area contributed by atoms with E-state index in [4.69, 9.17) is 4.74 Å². The van der Waals surface area contributed by atoms with Crippen LogP contribution in [0.4, 0.5) is 5.95 Å². The molecule has 0 saturated heterocycles. The van der Waals surface area contributed by atoms with Gasteiger partial charge in [-0.25, -0.2) is 4.79 Å². The summed E-state index contributed by atoms with van der Waals surface area (Å²) in [5, 5.41) is 24.9. The number of hydrogen-bond donors (Lipinski definition) is 1. The summed E-state index contributed by atoms with van der Waals surface area (Å²) in [7, 11) is 1.38. The number of thioether (sulfide) groups is 1. The molecule has 0 saturated carbocycles. The van der Waals surface area contributed by atoms with E-state index in [0.717, 1.165) is 20.5 Å². The van der Waals surface area contributed by atoms with Crippen LogP contribution in [0.1, 0.15) is 37.9 Å². The molecule has 0 bridgehead atoms. The van der Waals surface area contributed by atoms with Crippen molar-refractivity contribution in [1.82, 2.24) is 30.4 Å². The van der Waals surface area contributed by atoms with Crippen LogP contribution < -0.4 is 5.32 Å². The first-order chi connectivity index (χ1) is 17.3. The van der Waals surface area contributed by atoms with Crippen molar-refractivity contribution in [2.75, 3.05) is 18.2 Å². The average Bonchev–Trinajstić information content (AvgIpc) is 3.56. The molecule has 2 aromatic carbocycles. The second kappa shape index (κ2) is 9.82. The molecule has 1 N–H and O–H groups in total. The fourth-order valence-corrected chi connectivity index (χ4v) is 5.80. The SMILES string of the molecule is COC(=O)C1=C(CSc2nnc(-c3ccccc3)s2)Nc2nnnn2C1c1ccc(C(C)(C)C)cc1. The van der Waals surface area contributed by atoms with Crippen LogP contribution in [0, 0.1) is 0 Å². The normalized spacial score (nSPS) is 15.4. The Bertz CT molecular complexity index is 1410. The van der Waals surface area contributed by atoms with Gasteiger partial charge in [-0.3, -0.25) is 0 Å². The minimum absolute atomic E-state index is 0.00971. The first-order valence-corrected chi connectivity index (χ1v) is 13.1. The van der Waals surface area contributed by atoms with Crippen LogP contribution >= 0.6 is 23.1 Å². The van der Waals surface area contributed by atoms with Crippen LogP contribution in [0.2, 0.25) is 0 Å². The Hall–Kier alpha value is -3.57. The molecule has 3 heterocycles. The summed E-state index contributed by atoms with van der Waals surface area (Å²) < 4.78 is 7.61.